The van der Waals surface area contributed by atoms with Crippen LogP contribution in [0.15, 0.2) is 0 Å². The number of carbonyl (C=O) groups is 2. The van der Waals surface area contributed by atoms with E-state index in [1.165, 1.54) is 7.11 Å². The van der Waals surface area contributed by atoms with Gasteiger partial charge in [-0.05, 0) is 26.2 Å². The molecule has 2 unspecified atom stereocenters. The van der Waals surface area contributed by atoms with E-state index in [1.54, 1.807) is 4.90 Å². The summed E-state index contributed by atoms with van der Waals surface area (Å²) in [5.41, 5.74) is 0. The predicted octanol–water partition coefficient (Wildman–Crippen LogP) is 0.539. The summed E-state index contributed by atoms with van der Waals surface area (Å²) in [5, 5.41) is 3.14. The van der Waals surface area contributed by atoms with Crippen molar-refractivity contribution in [2.75, 3.05) is 20.2 Å². The highest BCUT2D eigenvalue weighted by atomic mass is 16.5. The summed E-state index contributed by atoms with van der Waals surface area (Å²) in [5.74, 6) is -0.322. The van der Waals surface area contributed by atoms with Gasteiger partial charge in [-0.25, -0.2) is 4.79 Å². The lowest BCUT2D eigenvalue weighted by molar-refractivity contribution is -0.150. The molecular weight excluding hydrogens is 220 g/mol. The number of amides is 1. The molecule has 0 spiro atoms. The summed E-state index contributed by atoms with van der Waals surface area (Å²) in [6, 6.07) is -0.0654. The maximum Gasteiger partial charge on any atom is 0.328 e. The zero-order valence-corrected chi connectivity index (χ0v) is 10.9. The second-order valence-corrected chi connectivity index (χ2v) is 4.46. The van der Waals surface area contributed by atoms with Crippen LogP contribution < -0.4 is 5.32 Å². The van der Waals surface area contributed by atoms with Crippen LogP contribution in [0.5, 0.6) is 0 Å². The monoisotopic (exact) mass is 242 g/mol. The van der Waals surface area contributed by atoms with Crippen molar-refractivity contribution < 1.29 is 14.3 Å². The molecule has 0 aliphatic carbocycles. The van der Waals surface area contributed by atoms with E-state index in [0.29, 0.717) is 25.6 Å². The molecule has 98 valence electrons. The normalized spacial score (nSPS) is 21.4. The average molecular weight is 242 g/mol. The summed E-state index contributed by atoms with van der Waals surface area (Å²) in [4.78, 5) is 25.1. The Morgan fingerprint density at radius 2 is 2.24 bits per heavy atom. The number of hydrogen-bond donors (Lipinski definition) is 1. The van der Waals surface area contributed by atoms with Gasteiger partial charge in [0.05, 0.1) is 13.7 Å². The SMILES string of the molecule is CCC(C)NCC(=O)N1CCCC1C(=O)OC. The third-order valence-electron chi connectivity index (χ3n) is 3.26. The Labute approximate surface area is 102 Å². The van der Waals surface area contributed by atoms with Gasteiger partial charge in [0.2, 0.25) is 5.91 Å². The van der Waals surface area contributed by atoms with Gasteiger partial charge in [-0.15, -0.1) is 0 Å². The number of likely N-dealkylation sites (tertiary alicyclic amines) is 1. The Morgan fingerprint density at radius 3 is 2.82 bits per heavy atom. The molecule has 1 saturated heterocycles. The second-order valence-electron chi connectivity index (χ2n) is 4.46. The highest BCUT2D eigenvalue weighted by molar-refractivity contribution is 5.86. The number of hydrogen-bond acceptors (Lipinski definition) is 4. The van der Waals surface area contributed by atoms with E-state index in [9.17, 15) is 9.59 Å². The van der Waals surface area contributed by atoms with E-state index in [-0.39, 0.29) is 17.9 Å². The van der Waals surface area contributed by atoms with Crippen molar-refractivity contribution in [3.8, 4) is 0 Å². The third-order valence-corrected chi connectivity index (χ3v) is 3.26. The Hall–Kier alpha value is -1.10. The average Bonchev–Trinajstić information content (AvgIpc) is 2.83. The van der Waals surface area contributed by atoms with Crippen molar-refractivity contribution in [2.24, 2.45) is 0 Å². The fourth-order valence-electron chi connectivity index (χ4n) is 1.95. The van der Waals surface area contributed by atoms with Crippen LogP contribution in [0.3, 0.4) is 0 Å². The van der Waals surface area contributed by atoms with E-state index in [0.717, 1.165) is 12.8 Å². The molecule has 1 N–H and O–H groups in total. The van der Waals surface area contributed by atoms with Crippen LogP contribution in [0.2, 0.25) is 0 Å². The molecule has 0 aromatic carbocycles. The molecule has 1 fully saturated rings. The van der Waals surface area contributed by atoms with E-state index in [1.807, 2.05) is 6.92 Å². The Kier molecular flexibility index (Phi) is 5.41. The van der Waals surface area contributed by atoms with Gasteiger partial charge in [0.15, 0.2) is 0 Å². The van der Waals surface area contributed by atoms with Crippen LogP contribution in [0.1, 0.15) is 33.1 Å². The van der Waals surface area contributed by atoms with Crippen molar-refractivity contribution in [1.29, 1.82) is 0 Å². The van der Waals surface area contributed by atoms with E-state index in [2.05, 4.69) is 12.2 Å². The molecule has 0 aromatic heterocycles. The minimum Gasteiger partial charge on any atom is -0.467 e. The van der Waals surface area contributed by atoms with Crippen molar-refractivity contribution in [2.45, 2.75) is 45.2 Å². The first-order chi connectivity index (χ1) is 8.10. The van der Waals surface area contributed by atoms with Crippen LogP contribution in [-0.2, 0) is 14.3 Å². The van der Waals surface area contributed by atoms with Crippen LogP contribution in [0, 0.1) is 0 Å². The lowest BCUT2D eigenvalue weighted by Crippen LogP contribution is -2.46. The molecule has 1 aliphatic rings. The van der Waals surface area contributed by atoms with E-state index >= 15 is 0 Å². The van der Waals surface area contributed by atoms with Gasteiger partial charge in [0.1, 0.15) is 6.04 Å². The van der Waals surface area contributed by atoms with Crippen molar-refractivity contribution >= 4 is 11.9 Å². The van der Waals surface area contributed by atoms with Gasteiger partial charge in [0, 0.05) is 12.6 Å². The van der Waals surface area contributed by atoms with Crippen molar-refractivity contribution in [3.63, 3.8) is 0 Å². The molecular formula is C12H22N2O3. The highest BCUT2D eigenvalue weighted by Crippen LogP contribution is 2.18. The molecule has 0 radical (unpaired) electrons. The lowest BCUT2D eigenvalue weighted by Gasteiger charge is -2.23. The summed E-state index contributed by atoms with van der Waals surface area (Å²) in [6.07, 6.45) is 2.56. The van der Waals surface area contributed by atoms with Gasteiger partial charge in [0.25, 0.3) is 0 Å². The minimum absolute atomic E-state index is 0.0156. The first kappa shape index (κ1) is 14.0. The van der Waals surface area contributed by atoms with Crippen molar-refractivity contribution in [1.82, 2.24) is 10.2 Å². The summed E-state index contributed by atoms with van der Waals surface area (Å²) in [7, 11) is 1.36. The summed E-state index contributed by atoms with van der Waals surface area (Å²) in [6.45, 7) is 5.05. The minimum atomic E-state index is -0.383. The zero-order chi connectivity index (χ0) is 12.8. The largest absolute Gasteiger partial charge is 0.467 e. The highest BCUT2D eigenvalue weighted by Gasteiger charge is 2.34. The molecule has 1 amide bonds. The third kappa shape index (κ3) is 3.70. The van der Waals surface area contributed by atoms with Gasteiger partial charge in [-0.1, -0.05) is 6.92 Å². The number of carbonyl (C=O) groups excluding carboxylic acids is 2. The first-order valence-corrected chi connectivity index (χ1v) is 6.20. The molecule has 17 heavy (non-hydrogen) atoms. The molecule has 5 nitrogen and oxygen atoms in total. The molecule has 2 atom stereocenters. The number of methoxy groups -OCH3 is 1. The van der Waals surface area contributed by atoms with Crippen LogP contribution in [0.25, 0.3) is 0 Å². The number of rotatable bonds is 5. The van der Waals surface area contributed by atoms with Gasteiger partial charge in [-0.2, -0.15) is 0 Å². The van der Waals surface area contributed by atoms with Crippen LogP contribution in [0.4, 0.5) is 0 Å². The summed E-state index contributed by atoms with van der Waals surface area (Å²) < 4.78 is 4.71. The maximum atomic E-state index is 12.0. The van der Waals surface area contributed by atoms with E-state index < -0.39 is 0 Å². The van der Waals surface area contributed by atoms with Crippen LogP contribution in [-0.4, -0.2) is 49.1 Å². The number of ether oxygens (including phenoxy) is 1. The second kappa shape index (κ2) is 6.59. The maximum absolute atomic E-state index is 12.0. The number of esters is 1. The Bertz CT molecular complexity index is 281. The molecule has 1 heterocycles. The molecule has 1 aliphatic heterocycles. The number of nitrogens with one attached hydrogen (secondary N) is 1. The zero-order valence-electron chi connectivity index (χ0n) is 10.9. The van der Waals surface area contributed by atoms with Gasteiger partial charge in [-0.3, -0.25) is 4.79 Å². The Morgan fingerprint density at radius 1 is 1.53 bits per heavy atom. The molecule has 0 bridgehead atoms. The quantitative estimate of drug-likeness (QED) is 0.715. The first-order valence-electron chi connectivity index (χ1n) is 6.20. The van der Waals surface area contributed by atoms with Crippen molar-refractivity contribution in [3.05, 3.63) is 0 Å². The molecule has 5 heteroatoms. The van der Waals surface area contributed by atoms with E-state index in [4.69, 9.17) is 4.74 Å². The fourth-order valence-corrected chi connectivity index (χ4v) is 1.95. The number of nitrogens with zero attached hydrogens (tertiary/aromatic N) is 1. The summed E-state index contributed by atoms with van der Waals surface area (Å²) >= 11 is 0. The fraction of sp³-hybridized carbons (Fsp3) is 0.833. The van der Waals surface area contributed by atoms with Gasteiger partial charge >= 0.3 is 5.97 Å². The van der Waals surface area contributed by atoms with Crippen LogP contribution >= 0.6 is 0 Å². The Balaban J connectivity index is 2.47. The molecule has 1 rings (SSSR count). The predicted molar refractivity (Wildman–Crippen MR) is 64.5 cm³/mol. The standard InChI is InChI=1S/C12H22N2O3/c1-4-9(2)13-8-11(15)14-7-5-6-10(14)12(16)17-3/h9-10,13H,4-8H2,1-3H3. The topological polar surface area (TPSA) is 58.6 Å². The smallest absolute Gasteiger partial charge is 0.328 e. The molecule has 0 aromatic rings. The van der Waals surface area contributed by atoms with Gasteiger partial charge < -0.3 is 15.0 Å². The lowest BCUT2D eigenvalue weighted by atomic mass is 10.2. The molecule has 0 saturated carbocycles.